The molecule has 6 heteroatoms. The number of nitrogens with one attached hydrogen (secondary N) is 1. The number of halogens is 2. The smallest absolute Gasteiger partial charge is 0.172 e. The maximum Gasteiger partial charge on any atom is 0.172 e. The number of anilines is 1. The molecule has 20 heavy (non-hydrogen) atoms. The van der Waals surface area contributed by atoms with Crippen molar-refractivity contribution in [1.29, 1.82) is 0 Å². The molecule has 106 valence electrons. The molecule has 2 N–H and O–H groups in total. The lowest BCUT2D eigenvalue weighted by atomic mass is 10.2. The first-order chi connectivity index (χ1) is 9.52. The highest BCUT2D eigenvalue weighted by atomic mass is 79.9. The first kappa shape index (κ1) is 14.9. The summed E-state index contributed by atoms with van der Waals surface area (Å²) in [4.78, 5) is 4.05. The summed E-state index contributed by atoms with van der Waals surface area (Å²) in [5, 5.41) is 13.5. The number of phenols is 1. The van der Waals surface area contributed by atoms with Gasteiger partial charge in [0.2, 0.25) is 0 Å². The van der Waals surface area contributed by atoms with Crippen molar-refractivity contribution in [1.82, 2.24) is 4.98 Å². The normalized spacial score (nSPS) is 10.4. The van der Waals surface area contributed by atoms with Crippen molar-refractivity contribution < 1.29 is 9.84 Å². The molecule has 2 aromatic rings. The van der Waals surface area contributed by atoms with E-state index in [0.717, 1.165) is 16.8 Å². The van der Waals surface area contributed by atoms with Crippen LogP contribution < -0.4 is 10.1 Å². The molecule has 0 aliphatic rings. The van der Waals surface area contributed by atoms with E-state index in [1.54, 1.807) is 12.3 Å². The summed E-state index contributed by atoms with van der Waals surface area (Å²) in [6, 6.07) is 5.48. The Morgan fingerprint density at radius 2 is 2.20 bits per heavy atom. The van der Waals surface area contributed by atoms with Gasteiger partial charge in [-0.1, -0.05) is 11.6 Å². The zero-order valence-electron chi connectivity index (χ0n) is 11.1. The quantitative estimate of drug-likeness (QED) is 0.808. The fraction of sp³-hybridized carbons (Fsp3) is 0.214. The van der Waals surface area contributed by atoms with E-state index in [9.17, 15) is 5.11 Å². The van der Waals surface area contributed by atoms with Gasteiger partial charge in [0.25, 0.3) is 0 Å². The topological polar surface area (TPSA) is 54.4 Å². The first-order valence-electron chi connectivity index (χ1n) is 5.93. The minimum atomic E-state index is 0.0897. The number of aryl methyl sites for hydroxylation is 1. The van der Waals surface area contributed by atoms with Gasteiger partial charge >= 0.3 is 0 Å². The van der Waals surface area contributed by atoms with Crippen molar-refractivity contribution in [2.75, 3.05) is 12.4 Å². The largest absolute Gasteiger partial charge is 0.503 e. The number of hydrogen-bond donors (Lipinski definition) is 2. The van der Waals surface area contributed by atoms with Crippen LogP contribution in [0.3, 0.4) is 0 Å². The maximum atomic E-state index is 9.77. The highest BCUT2D eigenvalue weighted by Gasteiger charge is 2.10. The molecule has 0 aliphatic carbocycles. The fourth-order valence-corrected chi connectivity index (χ4v) is 2.57. The predicted molar refractivity (Wildman–Crippen MR) is 83.7 cm³/mol. The molecule has 0 aliphatic heterocycles. The predicted octanol–water partition coefficient (Wildman–Crippen LogP) is 4.13. The number of nitrogens with zero attached hydrogens (tertiary/aromatic N) is 1. The van der Waals surface area contributed by atoms with E-state index in [1.807, 2.05) is 19.1 Å². The third-order valence-corrected chi connectivity index (χ3v) is 3.78. The van der Waals surface area contributed by atoms with E-state index in [1.165, 1.54) is 7.11 Å². The van der Waals surface area contributed by atoms with Gasteiger partial charge in [0.15, 0.2) is 16.7 Å². The Labute approximate surface area is 130 Å². The molecule has 0 saturated heterocycles. The van der Waals surface area contributed by atoms with E-state index in [2.05, 4.69) is 26.2 Å². The zero-order valence-corrected chi connectivity index (χ0v) is 13.4. The summed E-state index contributed by atoms with van der Waals surface area (Å²) in [5.41, 5.74) is 2.78. The molecule has 0 spiro atoms. The van der Waals surface area contributed by atoms with Gasteiger partial charge in [-0.15, -0.1) is 0 Å². The number of ether oxygens (including phenoxy) is 1. The SMILES string of the molecule is COc1cc(CNc2c(C)ccnc2Cl)cc(Br)c1O. The van der Waals surface area contributed by atoms with Gasteiger partial charge in [0.05, 0.1) is 17.3 Å². The summed E-state index contributed by atoms with van der Waals surface area (Å²) >= 11 is 9.36. The highest BCUT2D eigenvalue weighted by Crippen LogP contribution is 2.35. The minimum absolute atomic E-state index is 0.0897. The molecule has 1 aromatic heterocycles. The molecule has 4 nitrogen and oxygen atoms in total. The molecule has 0 amide bonds. The van der Waals surface area contributed by atoms with Gasteiger partial charge in [0, 0.05) is 12.7 Å². The van der Waals surface area contributed by atoms with Gasteiger partial charge in [-0.05, 0) is 52.2 Å². The fourth-order valence-electron chi connectivity index (χ4n) is 1.81. The summed E-state index contributed by atoms with van der Waals surface area (Å²) < 4.78 is 5.71. The van der Waals surface area contributed by atoms with Gasteiger partial charge < -0.3 is 15.2 Å². The van der Waals surface area contributed by atoms with Gasteiger partial charge in [-0.2, -0.15) is 0 Å². The van der Waals surface area contributed by atoms with Crippen molar-refractivity contribution in [3.63, 3.8) is 0 Å². The van der Waals surface area contributed by atoms with Crippen LogP contribution in [0, 0.1) is 6.92 Å². The molecule has 0 radical (unpaired) electrons. The Balaban J connectivity index is 2.21. The van der Waals surface area contributed by atoms with Crippen LogP contribution in [0.25, 0.3) is 0 Å². The number of phenolic OH excluding ortho intramolecular Hbond substituents is 1. The molecule has 0 saturated carbocycles. The van der Waals surface area contributed by atoms with Crippen LogP contribution in [0.5, 0.6) is 11.5 Å². The van der Waals surface area contributed by atoms with E-state index >= 15 is 0 Å². The van der Waals surface area contributed by atoms with Crippen LogP contribution in [-0.2, 0) is 6.54 Å². The first-order valence-corrected chi connectivity index (χ1v) is 7.10. The number of pyridine rings is 1. The van der Waals surface area contributed by atoms with Crippen LogP contribution in [0.1, 0.15) is 11.1 Å². The zero-order chi connectivity index (χ0) is 14.7. The van der Waals surface area contributed by atoms with Gasteiger partial charge in [-0.25, -0.2) is 4.98 Å². The van der Waals surface area contributed by atoms with E-state index in [4.69, 9.17) is 16.3 Å². The number of methoxy groups -OCH3 is 1. The van der Waals surface area contributed by atoms with Gasteiger partial charge in [-0.3, -0.25) is 0 Å². The van der Waals surface area contributed by atoms with Crippen LogP contribution >= 0.6 is 27.5 Å². The Morgan fingerprint density at radius 3 is 2.85 bits per heavy atom. The summed E-state index contributed by atoms with van der Waals surface area (Å²) in [6.45, 7) is 2.50. The second kappa shape index (κ2) is 6.33. The van der Waals surface area contributed by atoms with Gasteiger partial charge in [0.1, 0.15) is 0 Å². The van der Waals surface area contributed by atoms with Crippen LogP contribution in [0.4, 0.5) is 5.69 Å². The molecule has 0 unspecified atom stereocenters. The highest BCUT2D eigenvalue weighted by molar-refractivity contribution is 9.10. The number of aromatic hydroxyl groups is 1. The second-order valence-corrected chi connectivity index (χ2v) is 5.49. The average molecular weight is 358 g/mol. The third kappa shape index (κ3) is 3.16. The average Bonchev–Trinajstić information content (AvgIpc) is 2.42. The number of aromatic nitrogens is 1. The van der Waals surface area contributed by atoms with E-state index < -0.39 is 0 Å². The maximum absolute atomic E-state index is 9.77. The number of benzene rings is 1. The molecule has 2 rings (SSSR count). The summed E-state index contributed by atoms with van der Waals surface area (Å²) in [5.74, 6) is 0.511. The molecule has 1 heterocycles. The van der Waals surface area contributed by atoms with Crippen molar-refractivity contribution in [2.45, 2.75) is 13.5 Å². The number of rotatable bonds is 4. The lowest BCUT2D eigenvalue weighted by Gasteiger charge is -2.12. The Hall–Kier alpha value is -1.46. The Kier molecular flexibility index (Phi) is 4.73. The summed E-state index contributed by atoms with van der Waals surface area (Å²) in [7, 11) is 1.51. The molecule has 0 bridgehead atoms. The van der Waals surface area contributed by atoms with Crippen LogP contribution in [0.15, 0.2) is 28.9 Å². The Morgan fingerprint density at radius 1 is 1.45 bits per heavy atom. The number of hydrogen-bond acceptors (Lipinski definition) is 4. The second-order valence-electron chi connectivity index (χ2n) is 4.28. The van der Waals surface area contributed by atoms with Crippen LogP contribution in [0.2, 0.25) is 5.15 Å². The monoisotopic (exact) mass is 356 g/mol. The molecule has 0 fully saturated rings. The lowest BCUT2D eigenvalue weighted by molar-refractivity contribution is 0.371. The summed E-state index contributed by atoms with van der Waals surface area (Å²) in [6.07, 6.45) is 1.67. The molecular formula is C14H14BrClN2O2. The van der Waals surface area contributed by atoms with Crippen molar-refractivity contribution in [3.05, 3.63) is 45.1 Å². The van der Waals surface area contributed by atoms with E-state index in [-0.39, 0.29) is 5.75 Å². The standard InChI is InChI=1S/C14H14BrClN2O2/c1-8-3-4-17-14(16)12(8)18-7-9-5-10(15)13(19)11(6-9)20-2/h3-6,18-19H,7H2,1-2H3. The van der Waals surface area contributed by atoms with E-state index in [0.29, 0.717) is 21.9 Å². The molecular weight excluding hydrogens is 344 g/mol. The van der Waals surface area contributed by atoms with Crippen molar-refractivity contribution >= 4 is 33.2 Å². The third-order valence-electron chi connectivity index (χ3n) is 2.89. The van der Waals surface area contributed by atoms with Crippen LogP contribution in [-0.4, -0.2) is 17.2 Å². The van der Waals surface area contributed by atoms with Crippen molar-refractivity contribution in [2.24, 2.45) is 0 Å². The molecule has 1 aromatic carbocycles. The molecule has 0 atom stereocenters. The Bertz CT molecular complexity index is 615. The van der Waals surface area contributed by atoms with Crippen molar-refractivity contribution in [3.8, 4) is 11.5 Å². The lowest BCUT2D eigenvalue weighted by Crippen LogP contribution is -2.03. The minimum Gasteiger partial charge on any atom is -0.503 e.